The number of carbonyl (C=O) groups is 1. The SMILES string of the molecule is Cc1ccc(Cl)cc1NC(=O)c1ccccc1CSC1=NCCS1. The second-order valence-electron chi connectivity index (χ2n) is 5.36. The third-order valence-corrected chi connectivity index (χ3v) is 6.16. The molecule has 0 atom stereocenters. The highest BCUT2D eigenvalue weighted by molar-refractivity contribution is 8.38. The third-order valence-electron chi connectivity index (χ3n) is 3.62. The highest BCUT2D eigenvalue weighted by atomic mass is 35.5. The Labute approximate surface area is 155 Å². The lowest BCUT2D eigenvalue weighted by atomic mass is 10.1. The van der Waals surface area contributed by atoms with Crippen molar-refractivity contribution in [3.05, 3.63) is 64.2 Å². The van der Waals surface area contributed by atoms with Crippen LogP contribution in [-0.2, 0) is 5.75 Å². The number of hydrogen-bond donors (Lipinski definition) is 1. The van der Waals surface area contributed by atoms with Gasteiger partial charge < -0.3 is 5.32 Å². The van der Waals surface area contributed by atoms with E-state index in [0.29, 0.717) is 10.6 Å². The van der Waals surface area contributed by atoms with Gasteiger partial charge in [0.1, 0.15) is 4.38 Å². The number of thioether (sulfide) groups is 2. The average molecular weight is 377 g/mol. The fraction of sp³-hybridized carbons (Fsp3) is 0.222. The maximum absolute atomic E-state index is 12.7. The van der Waals surface area contributed by atoms with Gasteiger partial charge in [-0.15, -0.1) is 0 Å². The lowest BCUT2D eigenvalue weighted by Crippen LogP contribution is -2.14. The molecule has 0 bridgehead atoms. The lowest BCUT2D eigenvalue weighted by Gasteiger charge is -2.12. The number of rotatable bonds is 4. The van der Waals surface area contributed by atoms with Crippen molar-refractivity contribution in [2.24, 2.45) is 4.99 Å². The highest BCUT2D eigenvalue weighted by Crippen LogP contribution is 2.27. The van der Waals surface area contributed by atoms with Crippen LogP contribution in [-0.4, -0.2) is 22.6 Å². The molecule has 1 heterocycles. The van der Waals surface area contributed by atoms with E-state index in [2.05, 4.69) is 10.3 Å². The number of anilines is 1. The zero-order valence-corrected chi connectivity index (χ0v) is 15.6. The van der Waals surface area contributed by atoms with Crippen molar-refractivity contribution in [1.82, 2.24) is 0 Å². The fourth-order valence-electron chi connectivity index (χ4n) is 2.33. The minimum absolute atomic E-state index is 0.113. The van der Waals surface area contributed by atoms with E-state index in [4.69, 9.17) is 11.6 Å². The van der Waals surface area contributed by atoms with Crippen LogP contribution in [0.15, 0.2) is 47.5 Å². The van der Waals surface area contributed by atoms with Gasteiger partial charge in [-0.1, -0.05) is 59.4 Å². The molecule has 0 aromatic heterocycles. The van der Waals surface area contributed by atoms with Crippen molar-refractivity contribution >= 4 is 51.1 Å². The standard InChI is InChI=1S/C18H17ClN2OS2/c1-12-6-7-14(19)10-16(12)21-17(22)15-5-3-2-4-13(15)11-24-18-20-8-9-23-18/h2-7,10H,8-9,11H2,1H3,(H,21,22). The predicted molar refractivity (Wildman–Crippen MR) is 107 cm³/mol. The largest absolute Gasteiger partial charge is 0.322 e. The van der Waals surface area contributed by atoms with E-state index in [-0.39, 0.29) is 5.91 Å². The van der Waals surface area contributed by atoms with Gasteiger partial charge in [0.25, 0.3) is 5.91 Å². The van der Waals surface area contributed by atoms with Gasteiger partial charge in [-0.3, -0.25) is 9.79 Å². The number of amides is 1. The number of benzene rings is 2. The number of aryl methyl sites for hydroxylation is 1. The molecule has 0 spiro atoms. The van der Waals surface area contributed by atoms with Crippen LogP contribution in [0.3, 0.4) is 0 Å². The number of carbonyl (C=O) groups excluding carboxylic acids is 1. The first-order chi connectivity index (χ1) is 11.6. The lowest BCUT2D eigenvalue weighted by molar-refractivity contribution is 0.102. The number of halogens is 1. The molecule has 3 rings (SSSR count). The molecule has 1 aliphatic rings. The molecule has 24 heavy (non-hydrogen) atoms. The first-order valence-corrected chi connectivity index (χ1v) is 9.94. The van der Waals surface area contributed by atoms with Gasteiger partial charge in [0.2, 0.25) is 0 Å². The Hall–Kier alpha value is -1.43. The quantitative estimate of drug-likeness (QED) is 0.793. The summed E-state index contributed by atoms with van der Waals surface area (Å²) in [5, 5.41) is 3.58. The third kappa shape index (κ3) is 4.35. The Morgan fingerprint density at radius 3 is 2.96 bits per heavy atom. The van der Waals surface area contributed by atoms with Crippen molar-refractivity contribution in [2.75, 3.05) is 17.6 Å². The highest BCUT2D eigenvalue weighted by Gasteiger charge is 2.14. The van der Waals surface area contributed by atoms with Gasteiger partial charge in [-0.25, -0.2) is 0 Å². The molecular weight excluding hydrogens is 360 g/mol. The second-order valence-corrected chi connectivity index (χ2v) is 8.10. The van der Waals surface area contributed by atoms with Crippen LogP contribution in [0, 0.1) is 6.92 Å². The van der Waals surface area contributed by atoms with Gasteiger partial charge in [0.15, 0.2) is 0 Å². The van der Waals surface area contributed by atoms with Crippen molar-refractivity contribution in [3.63, 3.8) is 0 Å². The van der Waals surface area contributed by atoms with Crippen molar-refractivity contribution < 1.29 is 4.79 Å². The van der Waals surface area contributed by atoms with Crippen molar-refractivity contribution in [2.45, 2.75) is 12.7 Å². The summed E-state index contributed by atoms with van der Waals surface area (Å²) in [4.78, 5) is 17.1. The monoisotopic (exact) mass is 376 g/mol. The Morgan fingerprint density at radius 2 is 2.17 bits per heavy atom. The average Bonchev–Trinajstić information content (AvgIpc) is 3.10. The van der Waals surface area contributed by atoms with Gasteiger partial charge in [0.05, 0.1) is 6.54 Å². The first kappa shape index (κ1) is 17.4. The van der Waals surface area contributed by atoms with E-state index in [9.17, 15) is 4.79 Å². The summed E-state index contributed by atoms with van der Waals surface area (Å²) < 4.78 is 1.11. The number of nitrogens with one attached hydrogen (secondary N) is 1. The van der Waals surface area contributed by atoms with E-state index >= 15 is 0 Å². The molecule has 1 aliphatic heterocycles. The van der Waals surface area contributed by atoms with Crippen molar-refractivity contribution in [3.8, 4) is 0 Å². The maximum Gasteiger partial charge on any atom is 0.255 e. The fourth-order valence-corrected chi connectivity index (χ4v) is 4.51. The van der Waals surface area contributed by atoms with E-state index < -0.39 is 0 Å². The van der Waals surface area contributed by atoms with Crippen LogP contribution in [0.5, 0.6) is 0 Å². The molecule has 124 valence electrons. The molecular formula is C18H17ClN2OS2. The van der Waals surface area contributed by atoms with Gasteiger partial charge in [0, 0.05) is 27.8 Å². The molecule has 3 nitrogen and oxygen atoms in total. The summed E-state index contributed by atoms with van der Waals surface area (Å²) in [6.07, 6.45) is 0. The summed E-state index contributed by atoms with van der Waals surface area (Å²) in [7, 11) is 0. The summed E-state index contributed by atoms with van der Waals surface area (Å²) in [6, 6.07) is 13.2. The van der Waals surface area contributed by atoms with Gasteiger partial charge >= 0.3 is 0 Å². The second kappa shape index (κ2) is 8.10. The molecule has 1 N–H and O–H groups in total. The minimum atomic E-state index is -0.113. The summed E-state index contributed by atoms with van der Waals surface area (Å²) in [5.41, 5.74) is 3.42. The molecule has 0 aliphatic carbocycles. The summed E-state index contributed by atoms with van der Waals surface area (Å²) in [5.74, 6) is 1.68. The summed E-state index contributed by atoms with van der Waals surface area (Å²) in [6.45, 7) is 2.84. The normalized spacial score (nSPS) is 13.7. The molecule has 0 radical (unpaired) electrons. The van der Waals surface area contributed by atoms with Gasteiger partial charge in [-0.2, -0.15) is 0 Å². The van der Waals surface area contributed by atoms with E-state index in [1.165, 1.54) is 0 Å². The van der Waals surface area contributed by atoms with Crippen molar-refractivity contribution in [1.29, 1.82) is 0 Å². The Kier molecular flexibility index (Phi) is 5.87. The molecule has 0 unspecified atom stereocenters. The van der Waals surface area contributed by atoms with Crippen LogP contribution < -0.4 is 5.32 Å². The molecule has 0 saturated carbocycles. The van der Waals surface area contributed by atoms with Crippen LogP contribution in [0.4, 0.5) is 5.69 Å². The first-order valence-electron chi connectivity index (χ1n) is 7.59. The number of hydrogen-bond acceptors (Lipinski definition) is 4. The van der Waals surface area contributed by atoms with E-state index in [1.807, 2.05) is 43.3 Å². The number of aliphatic imine (C=N–C) groups is 1. The predicted octanol–water partition coefficient (Wildman–Crippen LogP) is 5.24. The smallest absolute Gasteiger partial charge is 0.255 e. The van der Waals surface area contributed by atoms with Crippen LogP contribution in [0.25, 0.3) is 0 Å². The molecule has 0 fully saturated rings. The maximum atomic E-state index is 12.7. The molecule has 2 aromatic rings. The zero-order chi connectivity index (χ0) is 16.9. The van der Waals surface area contributed by atoms with Gasteiger partial charge in [-0.05, 0) is 36.2 Å². The minimum Gasteiger partial charge on any atom is -0.322 e. The van der Waals surface area contributed by atoms with Crippen LogP contribution in [0.2, 0.25) is 5.02 Å². The summed E-state index contributed by atoms with van der Waals surface area (Å²) >= 11 is 9.50. The van der Waals surface area contributed by atoms with Crippen LogP contribution in [0.1, 0.15) is 21.5 Å². The Balaban J connectivity index is 1.75. The van der Waals surface area contributed by atoms with Crippen LogP contribution >= 0.6 is 35.1 Å². The van der Waals surface area contributed by atoms with E-state index in [1.54, 1.807) is 29.6 Å². The molecule has 2 aromatic carbocycles. The Bertz CT molecular complexity index is 792. The topological polar surface area (TPSA) is 41.5 Å². The van der Waals surface area contributed by atoms with E-state index in [0.717, 1.165) is 39.2 Å². The molecule has 0 saturated heterocycles. The number of nitrogens with zero attached hydrogens (tertiary/aromatic N) is 1. The molecule has 6 heteroatoms. The zero-order valence-electron chi connectivity index (χ0n) is 13.2. The Morgan fingerprint density at radius 1 is 1.33 bits per heavy atom. The molecule has 1 amide bonds.